The van der Waals surface area contributed by atoms with Crippen LogP contribution in [0.4, 0.5) is 0 Å². The second-order valence-corrected chi connectivity index (χ2v) is 8.31. The van der Waals surface area contributed by atoms with E-state index in [4.69, 9.17) is 9.88 Å². The van der Waals surface area contributed by atoms with Crippen molar-refractivity contribution in [3.05, 3.63) is 23.8 Å². The van der Waals surface area contributed by atoms with Gasteiger partial charge in [-0.1, -0.05) is 19.3 Å². The number of rotatable bonds is 3. The van der Waals surface area contributed by atoms with Crippen molar-refractivity contribution < 1.29 is 17.9 Å². The van der Waals surface area contributed by atoms with E-state index in [1.807, 2.05) is 4.90 Å². The zero-order chi connectivity index (χ0) is 17.3. The fraction of sp³-hybridized carbons (Fsp3) is 0.588. The highest BCUT2D eigenvalue weighted by Gasteiger charge is 2.34. The largest absolute Gasteiger partial charge is 0.496 e. The van der Waals surface area contributed by atoms with Gasteiger partial charge in [0.05, 0.1) is 17.6 Å². The van der Waals surface area contributed by atoms with Gasteiger partial charge in [0.25, 0.3) is 5.91 Å². The molecular formula is C17H24N2O4S. The van der Waals surface area contributed by atoms with Crippen LogP contribution in [-0.4, -0.2) is 39.4 Å². The Morgan fingerprint density at radius 3 is 2.58 bits per heavy atom. The van der Waals surface area contributed by atoms with Crippen molar-refractivity contribution in [1.29, 1.82) is 0 Å². The van der Waals surface area contributed by atoms with Gasteiger partial charge in [-0.25, -0.2) is 13.6 Å². The standard InChI is InChI=1S/C17H24N2O4S/c1-23-16-7-6-14(24(18,21)22)10-15(16)17(20)19-9-8-12-4-2-3-5-13(12)11-19/h6-7,10,12-13H,2-5,8-9,11H2,1H3,(H2,18,21,22)/t12-,13+/m1/s1. The van der Waals surface area contributed by atoms with Gasteiger partial charge in [-0.2, -0.15) is 0 Å². The third kappa shape index (κ3) is 3.42. The van der Waals surface area contributed by atoms with Crippen molar-refractivity contribution in [1.82, 2.24) is 4.90 Å². The van der Waals surface area contributed by atoms with Gasteiger partial charge in [-0.3, -0.25) is 4.79 Å². The first-order valence-corrected chi connectivity index (χ1v) is 9.95. The van der Waals surface area contributed by atoms with Crippen LogP contribution in [0.5, 0.6) is 5.75 Å². The van der Waals surface area contributed by atoms with Crippen LogP contribution < -0.4 is 9.88 Å². The summed E-state index contributed by atoms with van der Waals surface area (Å²) in [6.45, 7) is 1.45. The second-order valence-electron chi connectivity index (χ2n) is 6.75. The van der Waals surface area contributed by atoms with Gasteiger partial charge >= 0.3 is 0 Å². The molecule has 132 valence electrons. The summed E-state index contributed by atoms with van der Waals surface area (Å²) < 4.78 is 28.4. The number of likely N-dealkylation sites (tertiary alicyclic amines) is 1. The maximum atomic E-state index is 12.9. The molecule has 1 aromatic rings. The number of sulfonamides is 1. The van der Waals surface area contributed by atoms with E-state index in [-0.39, 0.29) is 16.4 Å². The Balaban J connectivity index is 1.86. The van der Waals surface area contributed by atoms with Crippen LogP contribution in [0.25, 0.3) is 0 Å². The Labute approximate surface area is 143 Å². The number of nitrogens with two attached hydrogens (primary N) is 1. The molecule has 1 aliphatic carbocycles. The summed E-state index contributed by atoms with van der Waals surface area (Å²) in [5, 5.41) is 5.19. The van der Waals surface area contributed by atoms with Crippen LogP contribution in [0.15, 0.2) is 23.1 Å². The first-order chi connectivity index (χ1) is 11.4. The number of benzene rings is 1. The van der Waals surface area contributed by atoms with Crippen molar-refractivity contribution in [2.45, 2.75) is 37.0 Å². The smallest absolute Gasteiger partial charge is 0.257 e. The molecule has 1 amide bonds. The highest BCUT2D eigenvalue weighted by molar-refractivity contribution is 7.89. The minimum absolute atomic E-state index is 0.0702. The molecule has 1 saturated heterocycles. The number of piperidine rings is 1. The zero-order valence-corrected chi connectivity index (χ0v) is 14.7. The lowest BCUT2D eigenvalue weighted by Gasteiger charge is -2.41. The van der Waals surface area contributed by atoms with Gasteiger partial charge < -0.3 is 9.64 Å². The van der Waals surface area contributed by atoms with Gasteiger partial charge in [0, 0.05) is 13.1 Å². The molecule has 0 bridgehead atoms. The van der Waals surface area contributed by atoms with E-state index in [1.54, 1.807) is 0 Å². The van der Waals surface area contributed by atoms with Crippen LogP contribution >= 0.6 is 0 Å². The molecule has 1 aliphatic heterocycles. The maximum absolute atomic E-state index is 12.9. The van der Waals surface area contributed by atoms with E-state index in [0.29, 0.717) is 18.2 Å². The van der Waals surface area contributed by atoms with Crippen LogP contribution in [-0.2, 0) is 10.0 Å². The van der Waals surface area contributed by atoms with Gasteiger partial charge in [-0.05, 0) is 42.9 Å². The van der Waals surface area contributed by atoms with E-state index in [9.17, 15) is 13.2 Å². The van der Waals surface area contributed by atoms with Crippen molar-refractivity contribution in [2.24, 2.45) is 17.0 Å². The number of fused-ring (bicyclic) bond motifs is 1. The SMILES string of the molecule is COc1ccc(S(N)(=O)=O)cc1C(=O)N1CC[C@H]2CCCC[C@H]2C1. The lowest BCUT2D eigenvalue weighted by molar-refractivity contribution is 0.0518. The number of carbonyl (C=O) groups is 1. The minimum Gasteiger partial charge on any atom is -0.496 e. The molecule has 6 nitrogen and oxygen atoms in total. The van der Waals surface area contributed by atoms with Crippen LogP contribution in [0, 0.1) is 11.8 Å². The fourth-order valence-electron chi connectivity index (χ4n) is 3.99. The molecule has 0 radical (unpaired) electrons. The summed E-state index contributed by atoms with van der Waals surface area (Å²) in [5.41, 5.74) is 0.262. The third-order valence-electron chi connectivity index (χ3n) is 5.31. The number of hydrogen-bond acceptors (Lipinski definition) is 4. The predicted molar refractivity (Wildman–Crippen MR) is 90.3 cm³/mol. The summed E-state index contributed by atoms with van der Waals surface area (Å²) in [4.78, 5) is 14.7. The molecule has 3 rings (SSSR count). The van der Waals surface area contributed by atoms with Crippen LogP contribution in [0.3, 0.4) is 0 Å². The minimum atomic E-state index is -3.86. The molecule has 2 fully saturated rings. The van der Waals surface area contributed by atoms with Gasteiger partial charge in [0.1, 0.15) is 5.75 Å². The normalized spacial score (nSPS) is 24.3. The van der Waals surface area contributed by atoms with Crippen LogP contribution in [0.2, 0.25) is 0 Å². The molecule has 0 aromatic heterocycles. The quantitative estimate of drug-likeness (QED) is 0.901. The lowest BCUT2D eigenvalue weighted by Crippen LogP contribution is -2.44. The molecule has 24 heavy (non-hydrogen) atoms. The summed E-state index contributed by atoms with van der Waals surface area (Å²) in [6, 6.07) is 4.17. The summed E-state index contributed by atoms with van der Waals surface area (Å²) in [6.07, 6.45) is 5.97. The number of primary sulfonamides is 1. The average Bonchev–Trinajstić information content (AvgIpc) is 2.59. The maximum Gasteiger partial charge on any atom is 0.257 e. The molecule has 0 unspecified atom stereocenters. The summed E-state index contributed by atoms with van der Waals surface area (Å²) in [5.74, 6) is 1.48. The molecule has 2 N–H and O–H groups in total. The first kappa shape index (κ1) is 17.2. The predicted octanol–water partition coefficient (Wildman–Crippen LogP) is 1.99. The molecule has 1 heterocycles. The summed E-state index contributed by atoms with van der Waals surface area (Å²) >= 11 is 0. The van der Waals surface area contributed by atoms with Crippen molar-refractivity contribution in [3.63, 3.8) is 0 Å². The van der Waals surface area contributed by atoms with Crippen LogP contribution in [0.1, 0.15) is 42.5 Å². The second kappa shape index (κ2) is 6.72. The van der Waals surface area contributed by atoms with E-state index in [0.717, 1.165) is 18.9 Å². The van der Waals surface area contributed by atoms with Gasteiger partial charge in [-0.15, -0.1) is 0 Å². The van der Waals surface area contributed by atoms with Crippen molar-refractivity contribution in [3.8, 4) is 5.75 Å². The van der Waals surface area contributed by atoms with E-state index in [1.165, 1.54) is 51.0 Å². The Bertz CT molecular complexity index is 732. The number of methoxy groups -OCH3 is 1. The molecule has 1 saturated carbocycles. The van der Waals surface area contributed by atoms with E-state index < -0.39 is 10.0 Å². The third-order valence-corrected chi connectivity index (χ3v) is 6.22. The Hall–Kier alpha value is -1.60. The Kier molecular flexibility index (Phi) is 4.83. The summed E-state index contributed by atoms with van der Waals surface area (Å²) in [7, 11) is -2.39. The highest BCUT2D eigenvalue weighted by atomic mass is 32.2. The number of carbonyl (C=O) groups excluding carboxylic acids is 1. The molecule has 7 heteroatoms. The number of nitrogens with zero attached hydrogens (tertiary/aromatic N) is 1. The topological polar surface area (TPSA) is 89.7 Å². The Morgan fingerprint density at radius 1 is 1.21 bits per heavy atom. The zero-order valence-electron chi connectivity index (χ0n) is 13.9. The van der Waals surface area contributed by atoms with E-state index >= 15 is 0 Å². The molecule has 1 aromatic carbocycles. The molecule has 2 atom stereocenters. The number of hydrogen-bond donors (Lipinski definition) is 1. The van der Waals surface area contributed by atoms with Crippen molar-refractivity contribution in [2.75, 3.05) is 20.2 Å². The first-order valence-electron chi connectivity index (χ1n) is 8.40. The Morgan fingerprint density at radius 2 is 1.92 bits per heavy atom. The van der Waals surface area contributed by atoms with Gasteiger partial charge in [0.15, 0.2) is 0 Å². The molecular weight excluding hydrogens is 328 g/mol. The molecule has 2 aliphatic rings. The van der Waals surface area contributed by atoms with Crippen molar-refractivity contribution >= 4 is 15.9 Å². The van der Waals surface area contributed by atoms with Gasteiger partial charge in [0.2, 0.25) is 10.0 Å². The number of amides is 1. The highest BCUT2D eigenvalue weighted by Crippen LogP contribution is 2.37. The lowest BCUT2D eigenvalue weighted by atomic mass is 9.75. The fourth-order valence-corrected chi connectivity index (χ4v) is 4.53. The monoisotopic (exact) mass is 352 g/mol. The van der Waals surface area contributed by atoms with E-state index in [2.05, 4.69) is 0 Å². The molecule has 0 spiro atoms. The number of ether oxygens (including phenoxy) is 1. The average molecular weight is 352 g/mol.